The lowest BCUT2D eigenvalue weighted by Crippen LogP contribution is -2.46. The molecule has 32 heavy (non-hydrogen) atoms. The van der Waals surface area contributed by atoms with Crippen molar-refractivity contribution in [2.45, 2.75) is 45.8 Å². The fraction of sp³-hybridized carbons (Fsp3) is 0.333. The fourth-order valence-electron chi connectivity index (χ4n) is 4.04. The van der Waals surface area contributed by atoms with E-state index < -0.39 is 0 Å². The summed E-state index contributed by atoms with van der Waals surface area (Å²) in [4.78, 5) is 49.2. The molecule has 0 fully saturated rings. The van der Waals surface area contributed by atoms with Gasteiger partial charge >= 0.3 is 0 Å². The van der Waals surface area contributed by atoms with Crippen LogP contribution in [-0.2, 0) is 16.1 Å². The van der Waals surface area contributed by atoms with Crippen molar-refractivity contribution in [2.75, 3.05) is 16.8 Å². The van der Waals surface area contributed by atoms with E-state index in [1.54, 1.807) is 29.2 Å². The summed E-state index contributed by atoms with van der Waals surface area (Å²) in [5.74, 6) is 0.286. The molecule has 1 aromatic heterocycles. The SMILES string of the molecule is CC(C)N(CC(=O)N1c2ccccc2NC(=O)C[C@@H]1C)Cc1nc2ccccc2c(=O)[nH]1. The third-order valence-corrected chi connectivity index (χ3v) is 5.71. The lowest BCUT2D eigenvalue weighted by atomic mass is 10.1. The first-order valence-corrected chi connectivity index (χ1v) is 10.8. The van der Waals surface area contributed by atoms with Crippen LogP contribution in [0.5, 0.6) is 0 Å². The van der Waals surface area contributed by atoms with Crippen LogP contribution in [0.15, 0.2) is 53.3 Å². The summed E-state index contributed by atoms with van der Waals surface area (Å²) >= 11 is 0. The van der Waals surface area contributed by atoms with E-state index in [4.69, 9.17) is 0 Å². The second kappa shape index (κ2) is 8.92. The van der Waals surface area contributed by atoms with Crippen molar-refractivity contribution < 1.29 is 9.59 Å². The summed E-state index contributed by atoms with van der Waals surface area (Å²) in [6.07, 6.45) is 0.224. The summed E-state index contributed by atoms with van der Waals surface area (Å²) in [5.41, 5.74) is 1.75. The van der Waals surface area contributed by atoms with E-state index in [0.717, 1.165) is 0 Å². The maximum atomic E-state index is 13.5. The maximum Gasteiger partial charge on any atom is 0.258 e. The molecule has 3 aromatic rings. The minimum absolute atomic E-state index is 0.0352. The number of amides is 2. The lowest BCUT2D eigenvalue weighted by molar-refractivity contribution is -0.121. The highest BCUT2D eigenvalue weighted by Crippen LogP contribution is 2.31. The van der Waals surface area contributed by atoms with Crippen LogP contribution in [0.4, 0.5) is 11.4 Å². The number of carbonyl (C=O) groups is 2. The van der Waals surface area contributed by atoms with Crippen molar-refractivity contribution in [3.63, 3.8) is 0 Å². The van der Waals surface area contributed by atoms with Gasteiger partial charge in [0.15, 0.2) is 0 Å². The molecule has 2 heterocycles. The molecule has 0 radical (unpaired) electrons. The van der Waals surface area contributed by atoms with Crippen LogP contribution in [0.2, 0.25) is 0 Å². The van der Waals surface area contributed by atoms with Crippen LogP contribution < -0.4 is 15.8 Å². The molecule has 0 spiro atoms. The zero-order valence-corrected chi connectivity index (χ0v) is 18.5. The van der Waals surface area contributed by atoms with Gasteiger partial charge in [-0.05, 0) is 45.0 Å². The monoisotopic (exact) mass is 433 g/mol. The third-order valence-electron chi connectivity index (χ3n) is 5.71. The van der Waals surface area contributed by atoms with Gasteiger partial charge in [0.1, 0.15) is 5.82 Å². The van der Waals surface area contributed by atoms with E-state index in [1.165, 1.54) is 0 Å². The van der Waals surface area contributed by atoms with Gasteiger partial charge in [0.25, 0.3) is 5.56 Å². The van der Waals surface area contributed by atoms with Gasteiger partial charge in [-0.25, -0.2) is 4.98 Å². The number of anilines is 2. The molecule has 1 aliphatic rings. The van der Waals surface area contributed by atoms with Crippen LogP contribution in [0, 0.1) is 0 Å². The molecule has 2 amide bonds. The van der Waals surface area contributed by atoms with E-state index in [9.17, 15) is 14.4 Å². The molecule has 0 saturated carbocycles. The number of fused-ring (bicyclic) bond motifs is 2. The van der Waals surface area contributed by atoms with Crippen molar-refractivity contribution in [1.82, 2.24) is 14.9 Å². The van der Waals surface area contributed by atoms with Gasteiger partial charge in [0.2, 0.25) is 11.8 Å². The Labute approximate surface area is 186 Å². The first kappa shape index (κ1) is 21.7. The number of aromatic nitrogens is 2. The molecule has 0 saturated heterocycles. The minimum Gasteiger partial charge on any atom is -0.324 e. The normalized spacial score (nSPS) is 16.2. The Bertz CT molecular complexity index is 1220. The second-order valence-electron chi connectivity index (χ2n) is 8.41. The van der Waals surface area contributed by atoms with Gasteiger partial charge in [0, 0.05) is 18.5 Å². The van der Waals surface area contributed by atoms with Gasteiger partial charge in [-0.2, -0.15) is 0 Å². The lowest BCUT2D eigenvalue weighted by Gasteiger charge is -2.32. The summed E-state index contributed by atoms with van der Waals surface area (Å²) in [6, 6.07) is 14.3. The van der Waals surface area contributed by atoms with Crippen LogP contribution in [-0.4, -0.2) is 45.3 Å². The van der Waals surface area contributed by atoms with Crippen LogP contribution >= 0.6 is 0 Å². The smallest absolute Gasteiger partial charge is 0.258 e. The van der Waals surface area contributed by atoms with Gasteiger partial charge in [-0.3, -0.25) is 19.3 Å². The molecule has 2 aromatic carbocycles. The van der Waals surface area contributed by atoms with Crippen molar-refractivity contribution in [2.24, 2.45) is 0 Å². The predicted octanol–water partition coefficient (Wildman–Crippen LogP) is 2.90. The van der Waals surface area contributed by atoms with Crippen LogP contribution in [0.3, 0.4) is 0 Å². The third kappa shape index (κ3) is 4.40. The van der Waals surface area contributed by atoms with Crippen LogP contribution in [0.1, 0.15) is 33.0 Å². The number of hydrogen-bond donors (Lipinski definition) is 2. The van der Waals surface area contributed by atoms with Crippen molar-refractivity contribution in [1.29, 1.82) is 0 Å². The Morgan fingerprint density at radius 1 is 1.16 bits per heavy atom. The van der Waals surface area contributed by atoms with Gasteiger partial charge in [-0.1, -0.05) is 24.3 Å². The van der Waals surface area contributed by atoms with Gasteiger partial charge in [0.05, 0.1) is 35.4 Å². The van der Waals surface area contributed by atoms with E-state index in [0.29, 0.717) is 34.6 Å². The summed E-state index contributed by atoms with van der Waals surface area (Å²) < 4.78 is 0. The summed E-state index contributed by atoms with van der Waals surface area (Å²) in [7, 11) is 0. The number of carbonyl (C=O) groups excluding carboxylic acids is 2. The maximum absolute atomic E-state index is 13.5. The fourth-order valence-corrected chi connectivity index (χ4v) is 4.04. The Morgan fingerprint density at radius 3 is 2.66 bits per heavy atom. The number of hydrogen-bond acceptors (Lipinski definition) is 5. The summed E-state index contributed by atoms with van der Waals surface area (Å²) in [6.45, 7) is 6.32. The number of aromatic amines is 1. The number of para-hydroxylation sites is 3. The number of nitrogens with zero attached hydrogens (tertiary/aromatic N) is 3. The molecule has 8 nitrogen and oxygen atoms in total. The van der Waals surface area contributed by atoms with Crippen molar-refractivity contribution in [3.05, 3.63) is 64.7 Å². The average Bonchev–Trinajstić information content (AvgIpc) is 2.87. The molecule has 1 atom stereocenters. The van der Waals surface area contributed by atoms with E-state index in [1.807, 2.05) is 49.9 Å². The van der Waals surface area contributed by atoms with Crippen LogP contribution in [0.25, 0.3) is 10.9 Å². The Hall–Kier alpha value is -3.52. The molecule has 2 N–H and O–H groups in total. The van der Waals surface area contributed by atoms with Gasteiger partial charge < -0.3 is 15.2 Å². The topological polar surface area (TPSA) is 98.4 Å². The largest absolute Gasteiger partial charge is 0.324 e. The van der Waals surface area contributed by atoms with Gasteiger partial charge in [-0.15, -0.1) is 0 Å². The Kier molecular flexibility index (Phi) is 6.05. The summed E-state index contributed by atoms with van der Waals surface area (Å²) in [5, 5.41) is 3.42. The molecular formula is C24H27N5O3. The molecular weight excluding hydrogens is 406 g/mol. The number of rotatable bonds is 5. The zero-order chi connectivity index (χ0) is 22.8. The quantitative estimate of drug-likeness (QED) is 0.645. The number of nitrogens with one attached hydrogen (secondary N) is 2. The minimum atomic E-state index is -0.279. The predicted molar refractivity (Wildman–Crippen MR) is 125 cm³/mol. The highest BCUT2D eigenvalue weighted by molar-refractivity contribution is 6.04. The molecule has 8 heteroatoms. The molecule has 0 unspecified atom stereocenters. The molecule has 0 bridgehead atoms. The van der Waals surface area contributed by atoms with E-state index in [-0.39, 0.29) is 42.4 Å². The second-order valence-corrected chi connectivity index (χ2v) is 8.41. The van der Waals surface area contributed by atoms with E-state index in [2.05, 4.69) is 15.3 Å². The van der Waals surface area contributed by atoms with E-state index >= 15 is 0 Å². The van der Waals surface area contributed by atoms with Crippen molar-refractivity contribution >= 4 is 34.1 Å². The standard InChI is InChI=1S/C24H27N5O3/c1-15(2)28(13-21-25-18-9-5-4-8-17(18)24(32)27-21)14-23(31)29-16(3)12-22(30)26-19-10-6-7-11-20(19)29/h4-11,15-16H,12-14H2,1-3H3,(H,26,30)(H,25,27,32)/t16-/m0/s1. The molecule has 1 aliphatic heterocycles. The first-order chi connectivity index (χ1) is 15.3. The first-order valence-electron chi connectivity index (χ1n) is 10.8. The number of H-pyrrole nitrogens is 1. The molecule has 0 aliphatic carbocycles. The Morgan fingerprint density at radius 2 is 1.88 bits per heavy atom. The average molecular weight is 434 g/mol. The zero-order valence-electron chi connectivity index (χ0n) is 18.5. The van der Waals surface area contributed by atoms with Crippen molar-refractivity contribution in [3.8, 4) is 0 Å². The highest BCUT2D eigenvalue weighted by Gasteiger charge is 2.31. The molecule has 166 valence electrons. The Balaban J connectivity index is 1.60. The molecule has 4 rings (SSSR count). The highest BCUT2D eigenvalue weighted by atomic mass is 16.2. The number of benzene rings is 2.